The lowest BCUT2D eigenvalue weighted by atomic mass is 10.2. The monoisotopic (exact) mass is 245 g/mol. The normalized spacial score (nSPS) is 12.4. The Labute approximate surface area is 106 Å². The van der Waals surface area contributed by atoms with Crippen LogP contribution in [0, 0.1) is 6.92 Å². The molecule has 0 spiro atoms. The molecule has 3 heteroatoms. The first-order valence-electron chi connectivity index (χ1n) is 5.54. The number of aryl methyl sites for hydroxylation is 1. The molecule has 2 rings (SSSR count). The van der Waals surface area contributed by atoms with E-state index in [4.69, 9.17) is 0 Å². The number of pyridine rings is 1. The van der Waals surface area contributed by atoms with Crippen LogP contribution in [0.2, 0.25) is 0 Å². The summed E-state index contributed by atoms with van der Waals surface area (Å²) in [6.45, 7) is 3.79. The maximum absolute atomic E-state index is 9.37. The second kappa shape index (κ2) is 5.34. The highest BCUT2D eigenvalue weighted by molar-refractivity contribution is 7.99. The molecule has 0 saturated heterocycles. The van der Waals surface area contributed by atoms with E-state index in [2.05, 4.69) is 36.2 Å². The van der Waals surface area contributed by atoms with Gasteiger partial charge < -0.3 is 5.11 Å². The first kappa shape index (κ1) is 12.1. The van der Waals surface area contributed by atoms with Gasteiger partial charge in [-0.25, -0.2) is 0 Å². The first-order chi connectivity index (χ1) is 8.15. The number of aliphatic hydroxyl groups excluding tert-OH is 1. The van der Waals surface area contributed by atoms with E-state index in [-0.39, 0.29) is 0 Å². The van der Waals surface area contributed by atoms with Gasteiger partial charge in [0.25, 0.3) is 0 Å². The topological polar surface area (TPSA) is 33.1 Å². The summed E-state index contributed by atoms with van der Waals surface area (Å²) < 4.78 is 0. The van der Waals surface area contributed by atoms with E-state index in [0.717, 1.165) is 4.90 Å². The summed E-state index contributed by atoms with van der Waals surface area (Å²) in [7, 11) is 0. The van der Waals surface area contributed by atoms with Crippen LogP contribution < -0.4 is 0 Å². The molecule has 1 unspecified atom stereocenters. The fourth-order valence-electron chi connectivity index (χ4n) is 1.44. The predicted molar refractivity (Wildman–Crippen MR) is 70.2 cm³/mol. The third-order valence-electron chi connectivity index (χ3n) is 2.44. The molecule has 1 aromatic heterocycles. The highest BCUT2D eigenvalue weighted by atomic mass is 32.2. The fourth-order valence-corrected chi connectivity index (χ4v) is 2.23. The van der Waals surface area contributed by atoms with Crippen molar-refractivity contribution in [2.24, 2.45) is 0 Å². The summed E-state index contributed by atoms with van der Waals surface area (Å²) in [4.78, 5) is 6.50. The van der Waals surface area contributed by atoms with Gasteiger partial charge in [0.15, 0.2) is 0 Å². The molecule has 0 aliphatic carbocycles. The summed E-state index contributed by atoms with van der Waals surface area (Å²) in [5.74, 6) is 0. The smallest absolute Gasteiger partial charge is 0.0931 e. The van der Waals surface area contributed by atoms with Crippen molar-refractivity contribution >= 4 is 11.8 Å². The van der Waals surface area contributed by atoms with E-state index < -0.39 is 6.10 Å². The average Bonchev–Trinajstić information content (AvgIpc) is 2.33. The van der Waals surface area contributed by atoms with Crippen LogP contribution in [0.5, 0.6) is 0 Å². The quantitative estimate of drug-likeness (QED) is 0.897. The van der Waals surface area contributed by atoms with Crippen molar-refractivity contribution in [2.45, 2.75) is 29.7 Å². The molecular formula is C14H15NOS. The van der Waals surface area contributed by atoms with E-state index in [0.29, 0.717) is 5.69 Å². The Kier molecular flexibility index (Phi) is 3.82. The van der Waals surface area contributed by atoms with Gasteiger partial charge in [-0.1, -0.05) is 29.5 Å². The van der Waals surface area contributed by atoms with Crippen LogP contribution in [0.4, 0.5) is 0 Å². The summed E-state index contributed by atoms with van der Waals surface area (Å²) in [5.41, 5.74) is 1.97. The van der Waals surface area contributed by atoms with Crippen molar-refractivity contribution in [1.29, 1.82) is 0 Å². The molecule has 0 radical (unpaired) electrons. The predicted octanol–water partition coefficient (Wildman–Crippen LogP) is 3.59. The fraction of sp³-hybridized carbons (Fsp3) is 0.214. The molecule has 88 valence electrons. The van der Waals surface area contributed by atoms with Crippen LogP contribution in [0.3, 0.4) is 0 Å². The minimum atomic E-state index is -0.506. The van der Waals surface area contributed by atoms with Crippen LogP contribution in [0.1, 0.15) is 24.3 Å². The van der Waals surface area contributed by atoms with Gasteiger partial charge in [0.2, 0.25) is 0 Å². The van der Waals surface area contributed by atoms with Crippen molar-refractivity contribution in [2.75, 3.05) is 0 Å². The molecule has 0 aliphatic rings. The first-order valence-corrected chi connectivity index (χ1v) is 6.35. The zero-order chi connectivity index (χ0) is 12.3. The zero-order valence-corrected chi connectivity index (χ0v) is 10.7. The molecule has 1 heterocycles. The van der Waals surface area contributed by atoms with Crippen molar-refractivity contribution < 1.29 is 5.11 Å². The molecule has 0 bridgehead atoms. The van der Waals surface area contributed by atoms with Gasteiger partial charge in [0, 0.05) is 16.0 Å². The van der Waals surface area contributed by atoms with Crippen LogP contribution in [-0.2, 0) is 0 Å². The molecule has 2 aromatic rings. The number of hydrogen-bond donors (Lipinski definition) is 1. The Morgan fingerprint density at radius 1 is 1.06 bits per heavy atom. The van der Waals surface area contributed by atoms with Crippen molar-refractivity contribution in [3.63, 3.8) is 0 Å². The Morgan fingerprint density at radius 2 is 1.71 bits per heavy atom. The third-order valence-corrected chi connectivity index (χ3v) is 3.43. The van der Waals surface area contributed by atoms with Crippen LogP contribution in [0.25, 0.3) is 0 Å². The third kappa shape index (κ3) is 3.32. The Balaban J connectivity index is 2.11. The SMILES string of the molecule is Cc1ccc(Sc2ccc(C(C)O)nc2)cc1. The molecule has 1 N–H and O–H groups in total. The highest BCUT2D eigenvalue weighted by Gasteiger charge is 2.02. The van der Waals surface area contributed by atoms with Gasteiger partial charge in [-0.3, -0.25) is 4.98 Å². The lowest BCUT2D eigenvalue weighted by Gasteiger charge is -2.05. The second-order valence-electron chi connectivity index (χ2n) is 4.01. The zero-order valence-electron chi connectivity index (χ0n) is 9.92. The van der Waals surface area contributed by atoms with Crippen LogP contribution in [-0.4, -0.2) is 10.1 Å². The molecule has 2 nitrogen and oxygen atoms in total. The molecule has 0 saturated carbocycles. The van der Waals surface area contributed by atoms with Gasteiger partial charge in [-0.15, -0.1) is 0 Å². The minimum absolute atomic E-state index is 0.506. The van der Waals surface area contributed by atoms with E-state index in [9.17, 15) is 5.11 Å². The number of hydrogen-bond acceptors (Lipinski definition) is 3. The van der Waals surface area contributed by atoms with Gasteiger partial charge in [-0.05, 0) is 38.1 Å². The summed E-state index contributed by atoms with van der Waals surface area (Å²) in [6.07, 6.45) is 1.29. The number of nitrogens with zero attached hydrogens (tertiary/aromatic N) is 1. The van der Waals surface area contributed by atoms with Crippen LogP contribution >= 0.6 is 11.8 Å². The molecule has 0 fully saturated rings. The molecular weight excluding hydrogens is 230 g/mol. The lowest BCUT2D eigenvalue weighted by molar-refractivity contribution is 0.194. The Bertz CT molecular complexity index is 477. The summed E-state index contributed by atoms with van der Waals surface area (Å²) >= 11 is 1.67. The van der Waals surface area contributed by atoms with Crippen molar-refractivity contribution in [3.8, 4) is 0 Å². The standard InChI is InChI=1S/C14H15NOS/c1-10-3-5-12(6-4-10)17-13-7-8-14(11(2)16)15-9-13/h3-9,11,16H,1-2H3. The molecule has 0 amide bonds. The molecule has 1 aromatic carbocycles. The highest BCUT2D eigenvalue weighted by Crippen LogP contribution is 2.27. The van der Waals surface area contributed by atoms with E-state index in [1.807, 2.05) is 12.1 Å². The maximum Gasteiger partial charge on any atom is 0.0931 e. The maximum atomic E-state index is 9.37. The van der Waals surface area contributed by atoms with Crippen molar-refractivity contribution in [3.05, 3.63) is 53.9 Å². The summed E-state index contributed by atoms with van der Waals surface area (Å²) in [6, 6.07) is 12.2. The van der Waals surface area contributed by atoms with Crippen molar-refractivity contribution in [1.82, 2.24) is 4.98 Å². The van der Waals surface area contributed by atoms with E-state index in [1.165, 1.54) is 10.5 Å². The molecule has 0 aliphatic heterocycles. The Hall–Kier alpha value is -1.32. The molecule has 17 heavy (non-hydrogen) atoms. The van der Waals surface area contributed by atoms with Crippen LogP contribution in [0.15, 0.2) is 52.4 Å². The van der Waals surface area contributed by atoms with Gasteiger partial charge in [-0.2, -0.15) is 0 Å². The van der Waals surface area contributed by atoms with E-state index in [1.54, 1.807) is 24.9 Å². The molecule has 1 atom stereocenters. The van der Waals surface area contributed by atoms with Gasteiger partial charge in [0.1, 0.15) is 0 Å². The minimum Gasteiger partial charge on any atom is -0.387 e. The van der Waals surface area contributed by atoms with E-state index >= 15 is 0 Å². The van der Waals surface area contributed by atoms with Gasteiger partial charge >= 0.3 is 0 Å². The lowest BCUT2D eigenvalue weighted by Crippen LogP contribution is -1.94. The van der Waals surface area contributed by atoms with Gasteiger partial charge in [0.05, 0.1) is 11.8 Å². The largest absolute Gasteiger partial charge is 0.387 e. The Morgan fingerprint density at radius 3 is 2.24 bits per heavy atom. The second-order valence-corrected chi connectivity index (χ2v) is 5.16. The summed E-state index contributed by atoms with van der Waals surface area (Å²) in [5, 5.41) is 9.37. The number of aromatic nitrogens is 1. The number of benzene rings is 1. The number of rotatable bonds is 3. The average molecular weight is 245 g/mol. The number of aliphatic hydroxyl groups is 1.